The maximum absolute atomic E-state index is 12.3. The molecular formula is C20H19ClN2O. The van der Waals surface area contributed by atoms with Gasteiger partial charge in [-0.15, -0.1) is 0 Å². The zero-order valence-corrected chi connectivity index (χ0v) is 14.7. The molecule has 0 saturated heterocycles. The van der Waals surface area contributed by atoms with Gasteiger partial charge in [0.15, 0.2) is 0 Å². The summed E-state index contributed by atoms with van der Waals surface area (Å²) in [5.41, 5.74) is 3.56. The van der Waals surface area contributed by atoms with Gasteiger partial charge in [0.1, 0.15) is 11.6 Å². The van der Waals surface area contributed by atoms with E-state index >= 15 is 0 Å². The molecule has 0 aliphatic heterocycles. The second-order valence-corrected chi connectivity index (χ2v) is 6.34. The lowest BCUT2D eigenvalue weighted by Gasteiger charge is -2.08. The van der Waals surface area contributed by atoms with Crippen molar-refractivity contribution in [3.05, 3.63) is 69.8 Å². The molecule has 0 aliphatic carbocycles. The lowest BCUT2D eigenvalue weighted by Crippen LogP contribution is -2.14. The predicted molar refractivity (Wildman–Crippen MR) is 98.9 cm³/mol. The largest absolute Gasteiger partial charge is 0.321 e. The van der Waals surface area contributed by atoms with Crippen molar-refractivity contribution in [2.75, 3.05) is 5.32 Å². The van der Waals surface area contributed by atoms with Crippen LogP contribution in [0.25, 0.3) is 6.08 Å². The number of nitriles is 1. The van der Waals surface area contributed by atoms with Gasteiger partial charge in [-0.05, 0) is 47.7 Å². The van der Waals surface area contributed by atoms with Gasteiger partial charge in [-0.2, -0.15) is 5.26 Å². The minimum Gasteiger partial charge on any atom is -0.321 e. The highest BCUT2D eigenvalue weighted by atomic mass is 35.5. The monoisotopic (exact) mass is 338 g/mol. The summed E-state index contributed by atoms with van der Waals surface area (Å²) >= 11 is 5.95. The van der Waals surface area contributed by atoms with E-state index in [1.54, 1.807) is 18.2 Å². The molecule has 0 saturated carbocycles. The van der Waals surface area contributed by atoms with E-state index in [-0.39, 0.29) is 5.57 Å². The number of halogens is 1. The molecule has 24 heavy (non-hydrogen) atoms. The Morgan fingerprint density at radius 1 is 1.21 bits per heavy atom. The summed E-state index contributed by atoms with van der Waals surface area (Å²) in [5, 5.41) is 12.6. The normalized spacial score (nSPS) is 11.2. The van der Waals surface area contributed by atoms with Crippen LogP contribution in [0.3, 0.4) is 0 Å². The lowest BCUT2D eigenvalue weighted by molar-refractivity contribution is -0.112. The Morgan fingerprint density at radius 3 is 2.46 bits per heavy atom. The molecule has 0 unspecified atom stereocenters. The van der Waals surface area contributed by atoms with E-state index in [1.165, 1.54) is 5.56 Å². The standard InChI is InChI=1S/C20H19ClN2O/c1-13(2)16-7-5-15(6-8-16)10-17(12-22)20(24)23-19-11-18(21)9-4-14(19)3/h4-11,13H,1-3H3,(H,23,24). The zero-order chi connectivity index (χ0) is 17.7. The van der Waals surface area contributed by atoms with Gasteiger partial charge in [0.2, 0.25) is 0 Å². The van der Waals surface area contributed by atoms with Crippen molar-refractivity contribution >= 4 is 29.3 Å². The van der Waals surface area contributed by atoms with Crippen LogP contribution in [0, 0.1) is 18.3 Å². The summed E-state index contributed by atoms with van der Waals surface area (Å²) in [6.45, 7) is 6.10. The fourth-order valence-electron chi connectivity index (χ4n) is 2.21. The fourth-order valence-corrected chi connectivity index (χ4v) is 2.38. The lowest BCUT2D eigenvalue weighted by atomic mass is 10.0. The first-order valence-electron chi connectivity index (χ1n) is 7.70. The molecule has 3 nitrogen and oxygen atoms in total. The van der Waals surface area contributed by atoms with Gasteiger partial charge in [-0.25, -0.2) is 0 Å². The summed E-state index contributed by atoms with van der Waals surface area (Å²) in [6, 6.07) is 15.0. The average Bonchev–Trinajstić information content (AvgIpc) is 2.56. The molecule has 0 atom stereocenters. The van der Waals surface area contributed by atoms with E-state index in [9.17, 15) is 10.1 Å². The highest BCUT2D eigenvalue weighted by Gasteiger charge is 2.11. The number of carbonyl (C=O) groups excluding carboxylic acids is 1. The first-order chi connectivity index (χ1) is 11.4. The Hall–Kier alpha value is -2.57. The van der Waals surface area contributed by atoms with Crippen molar-refractivity contribution in [1.82, 2.24) is 0 Å². The quantitative estimate of drug-likeness (QED) is 0.606. The van der Waals surface area contributed by atoms with Crippen molar-refractivity contribution in [1.29, 1.82) is 5.26 Å². The van der Waals surface area contributed by atoms with Crippen LogP contribution in [0.1, 0.15) is 36.5 Å². The molecule has 122 valence electrons. The van der Waals surface area contributed by atoms with E-state index in [4.69, 9.17) is 11.6 Å². The number of benzene rings is 2. The number of anilines is 1. The van der Waals surface area contributed by atoms with Gasteiger partial charge in [0.05, 0.1) is 0 Å². The van der Waals surface area contributed by atoms with Crippen LogP contribution in [0.4, 0.5) is 5.69 Å². The third kappa shape index (κ3) is 4.47. The number of hydrogen-bond donors (Lipinski definition) is 1. The van der Waals surface area contributed by atoms with Crippen molar-refractivity contribution in [2.45, 2.75) is 26.7 Å². The van der Waals surface area contributed by atoms with E-state index < -0.39 is 5.91 Å². The average molecular weight is 339 g/mol. The van der Waals surface area contributed by atoms with E-state index in [0.29, 0.717) is 16.6 Å². The third-order valence-corrected chi connectivity index (χ3v) is 3.96. The Balaban J connectivity index is 2.22. The highest BCUT2D eigenvalue weighted by molar-refractivity contribution is 6.31. The SMILES string of the molecule is Cc1ccc(Cl)cc1NC(=O)C(C#N)=Cc1ccc(C(C)C)cc1. The van der Waals surface area contributed by atoms with E-state index in [0.717, 1.165) is 11.1 Å². The molecule has 0 fully saturated rings. The Kier molecular flexibility index (Phi) is 5.78. The number of hydrogen-bond acceptors (Lipinski definition) is 2. The summed E-state index contributed by atoms with van der Waals surface area (Å²) in [5.74, 6) is -0.0108. The van der Waals surface area contributed by atoms with Gasteiger partial charge in [0.25, 0.3) is 5.91 Å². The van der Waals surface area contributed by atoms with Crippen molar-refractivity contribution in [2.24, 2.45) is 0 Å². The summed E-state index contributed by atoms with van der Waals surface area (Å²) in [6.07, 6.45) is 1.58. The topological polar surface area (TPSA) is 52.9 Å². The summed E-state index contributed by atoms with van der Waals surface area (Å²) in [4.78, 5) is 12.3. The van der Waals surface area contributed by atoms with Crippen LogP contribution < -0.4 is 5.32 Å². The van der Waals surface area contributed by atoms with E-state index in [1.807, 2.05) is 43.3 Å². The van der Waals surface area contributed by atoms with Crippen LogP contribution >= 0.6 is 11.6 Å². The molecule has 0 aliphatic rings. The number of aryl methyl sites for hydroxylation is 1. The smallest absolute Gasteiger partial charge is 0.266 e. The Bertz CT molecular complexity index is 815. The molecule has 2 aromatic rings. The van der Waals surface area contributed by atoms with Crippen LogP contribution in [0.2, 0.25) is 5.02 Å². The van der Waals surface area contributed by atoms with Crippen LogP contribution in [0.15, 0.2) is 48.0 Å². The van der Waals surface area contributed by atoms with Crippen molar-refractivity contribution in [3.8, 4) is 6.07 Å². The Morgan fingerprint density at radius 2 is 1.88 bits per heavy atom. The maximum Gasteiger partial charge on any atom is 0.266 e. The van der Waals surface area contributed by atoms with Gasteiger partial charge in [0, 0.05) is 10.7 Å². The molecule has 0 aromatic heterocycles. The van der Waals surface area contributed by atoms with Gasteiger partial charge in [-0.1, -0.05) is 55.8 Å². The number of carbonyl (C=O) groups is 1. The number of amides is 1. The molecule has 0 bridgehead atoms. The first-order valence-corrected chi connectivity index (χ1v) is 8.07. The second kappa shape index (κ2) is 7.81. The molecule has 1 N–H and O–H groups in total. The molecule has 4 heteroatoms. The summed E-state index contributed by atoms with van der Waals surface area (Å²) in [7, 11) is 0. The van der Waals surface area contributed by atoms with Crippen LogP contribution in [-0.2, 0) is 4.79 Å². The minimum atomic E-state index is -0.448. The first kappa shape index (κ1) is 17.8. The molecule has 0 spiro atoms. The van der Waals surface area contributed by atoms with Crippen molar-refractivity contribution in [3.63, 3.8) is 0 Å². The second-order valence-electron chi connectivity index (χ2n) is 5.90. The number of nitrogens with one attached hydrogen (secondary N) is 1. The van der Waals surface area contributed by atoms with Crippen LogP contribution in [-0.4, -0.2) is 5.91 Å². The summed E-state index contributed by atoms with van der Waals surface area (Å²) < 4.78 is 0. The molecule has 2 rings (SSSR count). The molecule has 0 heterocycles. The Labute approximate surface area is 147 Å². The van der Waals surface area contributed by atoms with Crippen molar-refractivity contribution < 1.29 is 4.79 Å². The third-order valence-electron chi connectivity index (χ3n) is 3.73. The molecule has 0 radical (unpaired) electrons. The number of rotatable bonds is 4. The molecular weight excluding hydrogens is 320 g/mol. The maximum atomic E-state index is 12.3. The highest BCUT2D eigenvalue weighted by Crippen LogP contribution is 2.21. The van der Waals surface area contributed by atoms with Crippen LogP contribution in [0.5, 0.6) is 0 Å². The zero-order valence-electron chi connectivity index (χ0n) is 13.9. The molecule has 2 aromatic carbocycles. The van der Waals surface area contributed by atoms with E-state index in [2.05, 4.69) is 19.2 Å². The number of nitrogens with zero attached hydrogens (tertiary/aromatic N) is 1. The van der Waals surface area contributed by atoms with Gasteiger partial charge < -0.3 is 5.32 Å². The predicted octanol–water partition coefficient (Wildman–Crippen LogP) is 5.32. The molecule has 1 amide bonds. The van der Waals surface area contributed by atoms with Gasteiger partial charge in [-0.3, -0.25) is 4.79 Å². The fraction of sp³-hybridized carbons (Fsp3) is 0.200. The minimum absolute atomic E-state index is 0.0478. The van der Waals surface area contributed by atoms with Gasteiger partial charge >= 0.3 is 0 Å².